The predicted molar refractivity (Wildman–Crippen MR) is 114 cm³/mol. The first kappa shape index (κ1) is 20.1. The number of aryl methyl sites for hydroxylation is 1. The molecule has 1 atom stereocenters. The van der Waals surface area contributed by atoms with Gasteiger partial charge < -0.3 is 5.32 Å². The highest BCUT2D eigenvalue weighted by molar-refractivity contribution is 7.91. The van der Waals surface area contributed by atoms with Crippen LogP contribution in [0.15, 0.2) is 28.5 Å². The maximum atomic E-state index is 12.9. The van der Waals surface area contributed by atoms with E-state index < -0.39 is 22.0 Å². The van der Waals surface area contributed by atoms with Crippen LogP contribution in [0, 0.1) is 6.92 Å². The van der Waals surface area contributed by atoms with Gasteiger partial charge in [0.25, 0.3) is 10.0 Å². The van der Waals surface area contributed by atoms with E-state index in [4.69, 9.17) is 23.2 Å². The molecule has 0 radical (unpaired) electrons. The van der Waals surface area contributed by atoms with Crippen molar-refractivity contribution in [2.45, 2.75) is 30.0 Å². The summed E-state index contributed by atoms with van der Waals surface area (Å²) < 4.78 is 28.4. The van der Waals surface area contributed by atoms with Crippen LogP contribution in [0.2, 0.25) is 9.36 Å². The first-order valence-corrected chi connectivity index (χ1v) is 12.2. The summed E-state index contributed by atoms with van der Waals surface area (Å²) in [6.07, 6.45) is 1.07. The lowest BCUT2D eigenvalue weighted by Gasteiger charge is -2.22. The Morgan fingerprint density at radius 3 is 2.71 bits per heavy atom. The second kappa shape index (κ2) is 7.55. The molecule has 3 aromatic rings. The van der Waals surface area contributed by atoms with Crippen molar-refractivity contribution in [1.29, 1.82) is 0 Å². The number of thiophene rings is 1. The molecular formula is C17H15Cl2N3O3S3. The van der Waals surface area contributed by atoms with Crippen molar-refractivity contribution in [3.63, 3.8) is 0 Å². The lowest BCUT2D eigenvalue weighted by atomic mass is 10.2. The summed E-state index contributed by atoms with van der Waals surface area (Å²) in [5.41, 5.74) is 1.69. The van der Waals surface area contributed by atoms with E-state index in [2.05, 4.69) is 10.3 Å². The summed E-state index contributed by atoms with van der Waals surface area (Å²) in [4.78, 5) is 17.3. The molecule has 4 rings (SSSR count). The standard InChI is InChI=1S/C17H15Cl2N3O3S3/c1-9-4-5-10(18)15-14(9)20-17(27-15)21-16(23)11-3-2-8-22(11)28(24,25)13-7-6-12(19)26-13/h4-7,11H,2-3,8H2,1H3,(H,20,21,23). The van der Waals surface area contributed by atoms with Crippen LogP contribution in [0.25, 0.3) is 10.2 Å². The normalized spacial score (nSPS) is 18.0. The van der Waals surface area contributed by atoms with Crippen LogP contribution in [0.5, 0.6) is 0 Å². The van der Waals surface area contributed by atoms with Gasteiger partial charge in [0.1, 0.15) is 10.3 Å². The fourth-order valence-corrected chi connectivity index (χ4v) is 7.67. The minimum Gasteiger partial charge on any atom is -0.301 e. The van der Waals surface area contributed by atoms with E-state index in [0.717, 1.165) is 27.1 Å². The first-order valence-electron chi connectivity index (χ1n) is 8.41. The second-order valence-corrected chi connectivity index (χ2v) is 11.6. The molecule has 28 heavy (non-hydrogen) atoms. The topological polar surface area (TPSA) is 79.4 Å². The SMILES string of the molecule is Cc1ccc(Cl)c2sc(NC(=O)C3CCCN3S(=O)(=O)c3ccc(Cl)s3)nc12. The van der Waals surface area contributed by atoms with Gasteiger partial charge in [-0.25, -0.2) is 13.4 Å². The van der Waals surface area contributed by atoms with Crippen molar-refractivity contribution in [3.05, 3.63) is 39.2 Å². The van der Waals surface area contributed by atoms with Gasteiger partial charge in [-0.1, -0.05) is 40.6 Å². The molecule has 2 aromatic heterocycles. The molecule has 1 N–H and O–H groups in total. The third-order valence-corrected chi connectivity index (χ3v) is 9.58. The van der Waals surface area contributed by atoms with Gasteiger partial charge in [0, 0.05) is 6.54 Å². The summed E-state index contributed by atoms with van der Waals surface area (Å²) >= 11 is 14.4. The number of halogens is 2. The van der Waals surface area contributed by atoms with Crippen LogP contribution in [-0.4, -0.2) is 36.2 Å². The van der Waals surface area contributed by atoms with Crippen molar-refractivity contribution < 1.29 is 13.2 Å². The maximum Gasteiger partial charge on any atom is 0.253 e. The van der Waals surface area contributed by atoms with E-state index in [-0.39, 0.29) is 4.21 Å². The van der Waals surface area contributed by atoms with Crippen LogP contribution in [0.4, 0.5) is 5.13 Å². The summed E-state index contributed by atoms with van der Waals surface area (Å²) in [5.74, 6) is -0.392. The monoisotopic (exact) mass is 475 g/mol. The molecule has 11 heteroatoms. The number of hydrogen-bond donors (Lipinski definition) is 1. The van der Waals surface area contributed by atoms with E-state index >= 15 is 0 Å². The Morgan fingerprint density at radius 1 is 1.25 bits per heavy atom. The van der Waals surface area contributed by atoms with Gasteiger partial charge in [0.05, 0.1) is 19.6 Å². The van der Waals surface area contributed by atoms with Gasteiger partial charge >= 0.3 is 0 Å². The first-order chi connectivity index (χ1) is 13.3. The van der Waals surface area contributed by atoms with E-state index in [1.807, 2.05) is 13.0 Å². The van der Waals surface area contributed by atoms with Crippen LogP contribution in [0.3, 0.4) is 0 Å². The molecular weight excluding hydrogens is 461 g/mol. The quantitative estimate of drug-likeness (QED) is 0.589. The number of aromatic nitrogens is 1. The Kier molecular flexibility index (Phi) is 5.41. The lowest BCUT2D eigenvalue weighted by Crippen LogP contribution is -2.42. The lowest BCUT2D eigenvalue weighted by molar-refractivity contribution is -0.119. The Hall–Kier alpha value is -1.23. The van der Waals surface area contributed by atoms with Crippen LogP contribution in [0.1, 0.15) is 18.4 Å². The number of carbonyl (C=O) groups excluding carboxylic acids is 1. The molecule has 1 aromatic carbocycles. The highest BCUT2D eigenvalue weighted by atomic mass is 35.5. The van der Waals surface area contributed by atoms with Gasteiger partial charge in [-0.15, -0.1) is 11.3 Å². The summed E-state index contributed by atoms with van der Waals surface area (Å²) in [7, 11) is -3.77. The number of fused-ring (bicyclic) bond motifs is 1. The minimum atomic E-state index is -3.77. The number of hydrogen-bond acceptors (Lipinski definition) is 6. The van der Waals surface area contributed by atoms with Crippen LogP contribution < -0.4 is 5.32 Å². The van der Waals surface area contributed by atoms with Gasteiger partial charge in [0.15, 0.2) is 5.13 Å². The number of carbonyl (C=O) groups is 1. The molecule has 1 unspecified atom stereocenters. The fourth-order valence-electron chi connectivity index (χ4n) is 3.19. The number of nitrogens with one attached hydrogen (secondary N) is 1. The smallest absolute Gasteiger partial charge is 0.253 e. The average Bonchev–Trinajstić information content (AvgIpc) is 3.37. The molecule has 6 nitrogen and oxygen atoms in total. The van der Waals surface area contributed by atoms with Crippen LogP contribution >= 0.6 is 45.9 Å². The minimum absolute atomic E-state index is 0.139. The van der Waals surface area contributed by atoms with Crippen molar-refractivity contribution in [3.8, 4) is 0 Å². The summed E-state index contributed by atoms with van der Waals surface area (Å²) in [6, 6.07) is 5.88. The van der Waals surface area contributed by atoms with Gasteiger partial charge in [-0.05, 0) is 43.5 Å². The predicted octanol–water partition coefficient (Wildman–Crippen LogP) is 4.76. The number of benzene rings is 1. The molecule has 0 aliphatic carbocycles. The molecule has 1 fully saturated rings. The number of nitrogens with zero attached hydrogens (tertiary/aromatic N) is 2. The van der Waals surface area contributed by atoms with E-state index in [0.29, 0.717) is 33.9 Å². The highest BCUT2D eigenvalue weighted by Gasteiger charge is 2.40. The molecule has 1 aliphatic heterocycles. The third-order valence-electron chi connectivity index (χ3n) is 4.55. The molecule has 1 amide bonds. The van der Waals surface area contributed by atoms with Crippen molar-refractivity contribution >= 4 is 77.2 Å². The van der Waals surface area contributed by atoms with Crippen molar-refractivity contribution in [2.24, 2.45) is 0 Å². The zero-order valence-corrected chi connectivity index (χ0v) is 18.6. The van der Waals surface area contributed by atoms with Crippen molar-refractivity contribution in [1.82, 2.24) is 9.29 Å². The Bertz CT molecular complexity index is 1130. The van der Waals surface area contributed by atoms with Gasteiger partial charge in [0.2, 0.25) is 5.91 Å². The van der Waals surface area contributed by atoms with Crippen LogP contribution in [-0.2, 0) is 14.8 Å². The van der Waals surface area contributed by atoms with E-state index in [1.165, 1.54) is 27.8 Å². The van der Waals surface area contributed by atoms with Crippen molar-refractivity contribution in [2.75, 3.05) is 11.9 Å². The molecule has 3 heterocycles. The molecule has 1 saturated heterocycles. The van der Waals surface area contributed by atoms with E-state index in [9.17, 15) is 13.2 Å². The zero-order chi connectivity index (χ0) is 20.1. The van der Waals surface area contributed by atoms with E-state index in [1.54, 1.807) is 6.07 Å². The molecule has 1 aliphatic rings. The fraction of sp³-hybridized carbons (Fsp3) is 0.294. The molecule has 0 bridgehead atoms. The number of anilines is 1. The number of sulfonamides is 1. The summed E-state index contributed by atoms with van der Waals surface area (Å²) in [6.45, 7) is 2.21. The zero-order valence-electron chi connectivity index (χ0n) is 14.6. The Labute approximate surface area is 180 Å². The largest absolute Gasteiger partial charge is 0.301 e. The number of rotatable bonds is 4. The number of thiazole rings is 1. The third kappa shape index (κ3) is 3.55. The van der Waals surface area contributed by atoms with Gasteiger partial charge in [-0.2, -0.15) is 4.31 Å². The second-order valence-electron chi connectivity index (χ2n) is 6.38. The van der Waals surface area contributed by atoms with Gasteiger partial charge in [-0.3, -0.25) is 4.79 Å². The molecule has 148 valence electrons. The highest BCUT2D eigenvalue weighted by Crippen LogP contribution is 2.35. The number of amides is 1. The Morgan fingerprint density at radius 2 is 2.04 bits per heavy atom. The maximum absolute atomic E-state index is 12.9. The summed E-state index contributed by atoms with van der Waals surface area (Å²) in [5, 5.41) is 3.74. The molecule has 0 saturated carbocycles. The Balaban J connectivity index is 1.59. The average molecular weight is 476 g/mol. The molecule has 0 spiro atoms.